The topological polar surface area (TPSA) is 107 Å². The molecule has 1 N–H and O–H groups in total. The number of hydrogen-bond acceptors (Lipinski definition) is 6. The number of sulfone groups is 1. The molecule has 2 saturated heterocycles. The molecule has 0 saturated carbocycles. The zero-order valence-electron chi connectivity index (χ0n) is 17.2. The summed E-state index contributed by atoms with van der Waals surface area (Å²) in [7, 11) is -3.13. The molecule has 1 aromatic carbocycles. The second kappa shape index (κ2) is 9.38. The Balaban J connectivity index is 1.85. The van der Waals surface area contributed by atoms with Gasteiger partial charge < -0.3 is 14.9 Å². The number of nitrogens with zero attached hydrogens (tertiary/aromatic N) is 3. The number of aliphatic carboxylic acids is 1. The van der Waals surface area contributed by atoms with E-state index in [1.54, 1.807) is 0 Å². The highest BCUT2D eigenvalue weighted by molar-refractivity contribution is 8.16. The molecule has 0 bridgehead atoms. The number of carboxylic acid groups (broad SMARTS) is 1. The molecule has 2 fully saturated rings. The Labute approximate surface area is 181 Å². The van der Waals surface area contributed by atoms with Crippen LogP contribution in [-0.2, 0) is 19.4 Å². The molecule has 2 heterocycles. The SMILES string of the molecule is CCN(CC)c1ccc(N2C(=NC(=O)CCCC(=O)O)S[C@H]3CS(=O)(=O)C[C@H]32)cc1. The fraction of sp³-hybridized carbons (Fsp3) is 0.550. The van der Waals surface area contributed by atoms with Gasteiger partial charge in [-0.05, 0) is 44.5 Å². The minimum absolute atomic E-state index is 0.0364. The first-order valence-corrected chi connectivity index (χ1v) is 12.8. The van der Waals surface area contributed by atoms with Crippen LogP contribution in [0.1, 0.15) is 33.1 Å². The number of hydrogen-bond donors (Lipinski definition) is 1. The molecule has 1 aromatic rings. The summed E-state index contributed by atoms with van der Waals surface area (Å²) in [5.74, 6) is -1.22. The quantitative estimate of drug-likeness (QED) is 0.639. The minimum Gasteiger partial charge on any atom is -0.481 e. The number of amides is 1. The summed E-state index contributed by atoms with van der Waals surface area (Å²) in [6.07, 6.45) is 0.206. The van der Waals surface area contributed by atoms with Crippen LogP contribution in [0.4, 0.5) is 11.4 Å². The molecule has 8 nitrogen and oxygen atoms in total. The van der Waals surface area contributed by atoms with Crippen LogP contribution in [0, 0.1) is 0 Å². The third kappa shape index (κ3) is 5.15. The van der Waals surface area contributed by atoms with Crippen LogP contribution in [0.15, 0.2) is 29.3 Å². The molecule has 3 rings (SSSR count). The maximum absolute atomic E-state index is 12.3. The summed E-state index contributed by atoms with van der Waals surface area (Å²) < 4.78 is 24.3. The maximum Gasteiger partial charge on any atom is 0.303 e. The average molecular weight is 454 g/mol. The van der Waals surface area contributed by atoms with E-state index < -0.39 is 15.8 Å². The monoisotopic (exact) mass is 453 g/mol. The van der Waals surface area contributed by atoms with E-state index in [0.29, 0.717) is 5.17 Å². The Morgan fingerprint density at radius 2 is 1.83 bits per heavy atom. The Hall–Kier alpha value is -2.07. The lowest BCUT2D eigenvalue weighted by molar-refractivity contribution is -0.137. The number of benzene rings is 1. The average Bonchev–Trinajstić information content (AvgIpc) is 3.13. The molecule has 0 unspecified atom stereocenters. The van der Waals surface area contributed by atoms with Gasteiger partial charge in [-0.15, -0.1) is 0 Å². The zero-order valence-corrected chi connectivity index (χ0v) is 18.8. The molecule has 164 valence electrons. The lowest BCUT2D eigenvalue weighted by Crippen LogP contribution is -2.37. The van der Waals surface area contributed by atoms with Gasteiger partial charge in [-0.3, -0.25) is 9.59 Å². The summed E-state index contributed by atoms with van der Waals surface area (Å²) >= 11 is 1.32. The van der Waals surface area contributed by atoms with Crippen molar-refractivity contribution in [3.63, 3.8) is 0 Å². The number of thioether (sulfide) groups is 1. The molecule has 10 heteroatoms. The van der Waals surface area contributed by atoms with Gasteiger partial charge in [-0.25, -0.2) is 8.42 Å². The van der Waals surface area contributed by atoms with E-state index in [1.807, 2.05) is 29.2 Å². The molecule has 0 aliphatic carbocycles. The standard InChI is InChI=1S/C20H27N3O5S2/c1-3-22(4-2)14-8-10-15(11-9-14)23-16-12-30(27,28)13-17(16)29-20(23)21-18(24)6-5-7-19(25)26/h8-11,16-17H,3-7,12-13H2,1-2H3,(H,25,26)/t16-,17+/m1/s1. The van der Waals surface area contributed by atoms with E-state index in [0.717, 1.165) is 24.5 Å². The largest absolute Gasteiger partial charge is 0.481 e. The maximum atomic E-state index is 12.3. The van der Waals surface area contributed by atoms with E-state index in [-0.39, 0.29) is 48.0 Å². The summed E-state index contributed by atoms with van der Waals surface area (Å²) in [6, 6.07) is 7.61. The molecule has 2 aliphatic rings. The van der Waals surface area contributed by atoms with Gasteiger partial charge in [0.2, 0.25) is 5.91 Å². The van der Waals surface area contributed by atoms with Crippen LogP contribution in [0.5, 0.6) is 0 Å². The van der Waals surface area contributed by atoms with E-state index in [1.165, 1.54) is 11.8 Å². The number of amidine groups is 1. The van der Waals surface area contributed by atoms with Gasteiger partial charge in [-0.1, -0.05) is 11.8 Å². The number of fused-ring (bicyclic) bond motifs is 1. The smallest absolute Gasteiger partial charge is 0.303 e. The van der Waals surface area contributed by atoms with Crippen LogP contribution in [-0.4, -0.2) is 66.5 Å². The molecule has 1 amide bonds. The molecular weight excluding hydrogens is 426 g/mol. The van der Waals surface area contributed by atoms with Gasteiger partial charge in [0.15, 0.2) is 15.0 Å². The lowest BCUT2D eigenvalue weighted by Gasteiger charge is -2.26. The Morgan fingerprint density at radius 1 is 1.17 bits per heavy atom. The van der Waals surface area contributed by atoms with Crippen molar-refractivity contribution in [2.24, 2.45) is 4.99 Å². The van der Waals surface area contributed by atoms with Crippen LogP contribution >= 0.6 is 11.8 Å². The highest BCUT2D eigenvalue weighted by atomic mass is 32.2. The second-order valence-corrected chi connectivity index (χ2v) is 10.8. The Bertz CT molecular complexity index is 926. The van der Waals surface area contributed by atoms with Crippen LogP contribution in [0.2, 0.25) is 0 Å². The fourth-order valence-electron chi connectivity index (χ4n) is 3.83. The van der Waals surface area contributed by atoms with E-state index in [9.17, 15) is 18.0 Å². The van der Waals surface area contributed by atoms with Crippen LogP contribution < -0.4 is 9.80 Å². The number of carbonyl (C=O) groups is 2. The number of carboxylic acids is 1. The van der Waals surface area contributed by atoms with Crippen molar-refractivity contribution >= 4 is 50.0 Å². The zero-order chi connectivity index (χ0) is 21.9. The van der Waals surface area contributed by atoms with Gasteiger partial charge in [-0.2, -0.15) is 4.99 Å². The van der Waals surface area contributed by atoms with Crippen molar-refractivity contribution in [1.29, 1.82) is 0 Å². The fourth-order valence-corrected chi connectivity index (χ4v) is 7.76. The second-order valence-electron chi connectivity index (χ2n) is 7.39. The molecule has 2 atom stereocenters. The normalized spacial score (nSPS) is 23.5. The number of anilines is 2. The van der Waals surface area contributed by atoms with Gasteiger partial charge >= 0.3 is 5.97 Å². The molecule has 0 aromatic heterocycles. The molecular formula is C20H27N3O5S2. The Kier molecular flexibility index (Phi) is 7.07. The highest BCUT2D eigenvalue weighted by Gasteiger charge is 2.49. The first-order chi connectivity index (χ1) is 14.2. The van der Waals surface area contributed by atoms with Gasteiger partial charge in [0.1, 0.15) is 0 Å². The molecule has 0 spiro atoms. The third-order valence-corrected chi connectivity index (χ3v) is 8.53. The first kappa shape index (κ1) is 22.6. The third-order valence-electron chi connectivity index (χ3n) is 5.32. The number of carbonyl (C=O) groups excluding carboxylic acids is 1. The summed E-state index contributed by atoms with van der Waals surface area (Å²) in [6.45, 7) is 5.94. The van der Waals surface area contributed by atoms with Crippen LogP contribution in [0.3, 0.4) is 0 Å². The van der Waals surface area contributed by atoms with E-state index in [2.05, 4.69) is 23.7 Å². The van der Waals surface area contributed by atoms with Crippen molar-refractivity contribution in [3.8, 4) is 0 Å². The van der Waals surface area contributed by atoms with Gasteiger partial charge in [0.05, 0.1) is 17.5 Å². The minimum atomic E-state index is -3.13. The van der Waals surface area contributed by atoms with Gasteiger partial charge in [0.25, 0.3) is 0 Å². The predicted octanol–water partition coefficient (Wildman–Crippen LogP) is 2.39. The van der Waals surface area contributed by atoms with Crippen molar-refractivity contribution in [1.82, 2.24) is 0 Å². The lowest BCUT2D eigenvalue weighted by atomic mass is 10.2. The molecule has 0 radical (unpaired) electrons. The predicted molar refractivity (Wildman–Crippen MR) is 120 cm³/mol. The van der Waals surface area contributed by atoms with Crippen molar-refractivity contribution in [2.75, 3.05) is 34.4 Å². The van der Waals surface area contributed by atoms with Crippen molar-refractivity contribution in [3.05, 3.63) is 24.3 Å². The van der Waals surface area contributed by atoms with Crippen molar-refractivity contribution < 1.29 is 23.1 Å². The van der Waals surface area contributed by atoms with Gasteiger partial charge in [0, 0.05) is 42.6 Å². The number of aliphatic imine (C=N–C) groups is 1. The van der Waals surface area contributed by atoms with E-state index >= 15 is 0 Å². The summed E-state index contributed by atoms with van der Waals surface area (Å²) in [5.41, 5.74) is 1.88. The highest BCUT2D eigenvalue weighted by Crippen LogP contribution is 2.41. The summed E-state index contributed by atoms with van der Waals surface area (Å²) in [4.78, 5) is 31.2. The first-order valence-electron chi connectivity index (χ1n) is 10.1. The molecule has 30 heavy (non-hydrogen) atoms. The van der Waals surface area contributed by atoms with Crippen molar-refractivity contribution in [2.45, 2.75) is 44.4 Å². The number of rotatable bonds is 8. The van der Waals surface area contributed by atoms with Crippen LogP contribution in [0.25, 0.3) is 0 Å². The molecule has 2 aliphatic heterocycles. The summed E-state index contributed by atoms with van der Waals surface area (Å²) in [5, 5.41) is 9.07. The Morgan fingerprint density at radius 3 is 2.43 bits per heavy atom. The van der Waals surface area contributed by atoms with E-state index in [4.69, 9.17) is 5.11 Å².